The fourth-order valence-electron chi connectivity index (χ4n) is 0.353. The number of rotatable bonds is 5. The standard InChI is InChI=1S/C7H12O3.C4H6O2/c1-6(2)7(9)10-5-3-4-8;1-3(2)4(5)6/h8H,1,3-5H2,2H3;1H2,2H3,(H,5,6). The molecule has 0 atom stereocenters. The summed E-state index contributed by atoms with van der Waals surface area (Å²) in [4.78, 5) is 20.2. The molecule has 0 fully saturated rings. The van der Waals surface area contributed by atoms with Crippen LogP contribution in [0.15, 0.2) is 24.3 Å². The maximum atomic E-state index is 10.6. The molecule has 0 aromatic carbocycles. The molecule has 0 aromatic rings. The summed E-state index contributed by atoms with van der Waals surface area (Å²) >= 11 is 0. The molecule has 5 heteroatoms. The lowest BCUT2D eigenvalue weighted by Crippen LogP contribution is -2.06. The first-order valence-electron chi connectivity index (χ1n) is 4.65. The van der Waals surface area contributed by atoms with Crippen LogP contribution in [0.2, 0.25) is 0 Å². The molecule has 0 aromatic heterocycles. The number of aliphatic carboxylic acids is 1. The number of carboxylic acids is 1. The van der Waals surface area contributed by atoms with Crippen molar-refractivity contribution in [3.05, 3.63) is 24.3 Å². The molecule has 0 saturated heterocycles. The normalized spacial score (nSPS) is 8.44. The van der Waals surface area contributed by atoms with E-state index in [9.17, 15) is 9.59 Å². The van der Waals surface area contributed by atoms with Gasteiger partial charge in [-0.15, -0.1) is 0 Å². The van der Waals surface area contributed by atoms with Crippen LogP contribution in [0.3, 0.4) is 0 Å². The Bertz CT molecular complexity index is 256. The SMILES string of the molecule is C=C(C)C(=O)O.C=C(C)C(=O)OCCCO. The minimum Gasteiger partial charge on any atom is -0.478 e. The van der Waals surface area contributed by atoms with Crippen LogP contribution in [0.4, 0.5) is 0 Å². The molecule has 5 nitrogen and oxygen atoms in total. The van der Waals surface area contributed by atoms with Gasteiger partial charge >= 0.3 is 11.9 Å². The topological polar surface area (TPSA) is 83.8 Å². The first-order valence-corrected chi connectivity index (χ1v) is 4.65. The van der Waals surface area contributed by atoms with Crippen LogP contribution in [0.25, 0.3) is 0 Å². The minimum absolute atomic E-state index is 0.0451. The first-order chi connectivity index (χ1) is 7.32. The Hall–Kier alpha value is -1.62. The molecule has 0 rings (SSSR count). The Balaban J connectivity index is 0. The summed E-state index contributed by atoms with van der Waals surface area (Å²) in [5, 5.41) is 16.2. The second-order valence-electron chi connectivity index (χ2n) is 3.08. The predicted molar refractivity (Wildman–Crippen MR) is 59.9 cm³/mol. The van der Waals surface area contributed by atoms with E-state index in [2.05, 4.69) is 17.9 Å². The van der Waals surface area contributed by atoms with E-state index in [1.54, 1.807) is 6.92 Å². The summed E-state index contributed by atoms with van der Waals surface area (Å²) < 4.78 is 4.65. The molecule has 0 aliphatic carbocycles. The first kappa shape index (κ1) is 16.8. The van der Waals surface area contributed by atoms with Crippen LogP contribution in [-0.4, -0.2) is 35.4 Å². The Kier molecular flexibility index (Phi) is 10.4. The summed E-state index contributed by atoms with van der Waals surface area (Å²) in [6, 6.07) is 0. The van der Waals surface area contributed by atoms with Crippen LogP contribution in [0.5, 0.6) is 0 Å². The van der Waals surface area contributed by atoms with Crippen LogP contribution in [0.1, 0.15) is 20.3 Å². The van der Waals surface area contributed by atoms with Crippen LogP contribution < -0.4 is 0 Å². The molecule has 0 aliphatic heterocycles. The van der Waals surface area contributed by atoms with E-state index in [4.69, 9.17) is 10.2 Å². The van der Waals surface area contributed by atoms with Crippen molar-refractivity contribution in [3.8, 4) is 0 Å². The van der Waals surface area contributed by atoms with Gasteiger partial charge in [0.15, 0.2) is 0 Å². The van der Waals surface area contributed by atoms with Gasteiger partial charge in [-0.1, -0.05) is 13.2 Å². The quantitative estimate of drug-likeness (QED) is 0.420. The maximum absolute atomic E-state index is 10.6. The molecule has 0 bridgehead atoms. The van der Waals surface area contributed by atoms with Gasteiger partial charge in [-0.2, -0.15) is 0 Å². The van der Waals surface area contributed by atoms with Crippen molar-refractivity contribution < 1.29 is 24.5 Å². The molecule has 16 heavy (non-hydrogen) atoms. The largest absolute Gasteiger partial charge is 0.478 e. The molecule has 0 radical (unpaired) electrons. The molecule has 2 N–H and O–H groups in total. The van der Waals surface area contributed by atoms with Crippen molar-refractivity contribution in [1.29, 1.82) is 0 Å². The van der Waals surface area contributed by atoms with E-state index in [1.807, 2.05) is 0 Å². The fourth-order valence-corrected chi connectivity index (χ4v) is 0.353. The van der Waals surface area contributed by atoms with E-state index in [1.165, 1.54) is 6.92 Å². The van der Waals surface area contributed by atoms with E-state index < -0.39 is 11.9 Å². The number of ether oxygens (including phenoxy) is 1. The van der Waals surface area contributed by atoms with Gasteiger partial charge in [0.05, 0.1) is 6.61 Å². The summed E-state index contributed by atoms with van der Waals surface area (Å²) in [6.07, 6.45) is 0.485. The molecule has 0 saturated carbocycles. The van der Waals surface area contributed by atoms with Crippen molar-refractivity contribution in [2.24, 2.45) is 0 Å². The lowest BCUT2D eigenvalue weighted by Gasteiger charge is -2.00. The van der Waals surface area contributed by atoms with Gasteiger partial charge in [0.25, 0.3) is 0 Å². The van der Waals surface area contributed by atoms with Gasteiger partial charge in [-0.05, 0) is 13.8 Å². The van der Waals surface area contributed by atoms with E-state index >= 15 is 0 Å². The lowest BCUT2D eigenvalue weighted by molar-refractivity contribution is -0.139. The molecule has 0 spiro atoms. The van der Waals surface area contributed by atoms with Crippen LogP contribution in [0, 0.1) is 0 Å². The fraction of sp³-hybridized carbons (Fsp3) is 0.455. The van der Waals surface area contributed by atoms with Crippen molar-refractivity contribution in [1.82, 2.24) is 0 Å². The Labute approximate surface area is 95.0 Å². The highest BCUT2D eigenvalue weighted by Crippen LogP contribution is 1.92. The molecule has 0 aliphatic rings. The zero-order chi connectivity index (χ0) is 13.1. The van der Waals surface area contributed by atoms with Gasteiger partial charge in [0.2, 0.25) is 0 Å². The zero-order valence-corrected chi connectivity index (χ0v) is 9.65. The van der Waals surface area contributed by atoms with Crippen LogP contribution in [-0.2, 0) is 14.3 Å². The minimum atomic E-state index is -0.935. The Morgan fingerprint density at radius 3 is 1.88 bits per heavy atom. The van der Waals surface area contributed by atoms with E-state index in [-0.39, 0.29) is 18.8 Å². The van der Waals surface area contributed by atoms with Crippen molar-refractivity contribution in [3.63, 3.8) is 0 Å². The van der Waals surface area contributed by atoms with Gasteiger partial charge < -0.3 is 14.9 Å². The summed E-state index contributed by atoms with van der Waals surface area (Å²) in [5.74, 6) is -1.33. The average Bonchev–Trinajstić information content (AvgIpc) is 2.18. The number of aliphatic hydroxyl groups excluding tert-OH is 1. The van der Waals surface area contributed by atoms with E-state index in [0.29, 0.717) is 12.0 Å². The summed E-state index contributed by atoms with van der Waals surface area (Å²) in [6.45, 7) is 9.89. The van der Waals surface area contributed by atoms with Crippen LogP contribution >= 0.6 is 0 Å². The number of carboxylic acid groups (broad SMARTS) is 1. The number of hydrogen-bond acceptors (Lipinski definition) is 4. The number of carbonyl (C=O) groups excluding carboxylic acids is 1. The second kappa shape index (κ2) is 9.92. The van der Waals surface area contributed by atoms with Gasteiger partial charge in [0.1, 0.15) is 0 Å². The molecule has 0 unspecified atom stereocenters. The van der Waals surface area contributed by atoms with Crippen molar-refractivity contribution in [2.75, 3.05) is 13.2 Å². The maximum Gasteiger partial charge on any atom is 0.333 e. The van der Waals surface area contributed by atoms with Gasteiger partial charge in [0, 0.05) is 24.2 Å². The third kappa shape index (κ3) is 12.4. The third-order valence-electron chi connectivity index (χ3n) is 1.25. The highest BCUT2D eigenvalue weighted by atomic mass is 16.5. The van der Waals surface area contributed by atoms with E-state index in [0.717, 1.165) is 0 Å². The number of aliphatic hydroxyl groups is 1. The third-order valence-corrected chi connectivity index (χ3v) is 1.25. The summed E-state index contributed by atoms with van der Waals surface area (Å²) in [7, 11) is 0. The molecular weight excluding hydrogens is 212 g/mol. The Morgan fingerprint density at radius 1 is 1.19 bits per heavy atom. The average molecular weight is 230 g/mol. The predicted octanol–water partition coefficient (Wildman–Crippen LogP) is 1.14. The van der Waals surface area contributed by atoms with Crippen molar-refractivity contribution in [2.45, 2.75) is 20.3 Å². The number of hydrogen-bond donors (Lipinski definition) is 2. The smallest absolute Gasteiger partial charge is 0.333 e. The lowest BCUT2D eigenvalue weighted by atomic mass is 10.4. The highest BCUT2D eigenvalue weighted by Gasteiger charge is 2.00. The molecular formula is C11H18O5. The molecule has 92 valence electrons. The van der Waals surface area contributed by atoms with Gasteiger partial charge in [-0.25, -0.2) is 9.59 Å². The summed E-state index contributed by atoms with van der Waals surface area (Å²) in [5.41, 5.74) is 0.563. The second-order valence-corrected chi connectivity index (χ2v) is 3.08. The van der Waals surface area contributed by atoms with Gasteiger partial charge in [-0.3, -0.25) is 0 Å². The number of esters is 1. The Morgan fingerprint density at radius 2 is 1.62 bits per heavy atom. The zero-order valence-electron chi connectivity index (χ0n) is 9.65. The monoisotopic (exact) mass is 230 g/mol. The molecule has 0 heterocycles. The number of carbonyl (C=O) groups is 2. The molecule has 0 amide bonds. The highest BCUT2D eigenvalue weighted by molar-refractivity contribution is 5.86. The van der Waals surface area contributed by atoms with Crippen molar-refractivity contribution >= 4 is 11.9 Å².